The first-order chi connectivity index (χ1) is 9.63. The van der Waals surface area contributed by atoms with Crippen LogP contribution in [0.1, 0.15) is 34.8 Å². The fourth-order valence-corrected chi connectivity index (χ4v) is 3.00. The highest BCUT2D eigenvalue weighted by Gasteiger charge is 2.38. The Kier molecular flexibility index (Phi) is 2.39. The van der Waals surface area contributed by atoms with Gasteiger partial charge in [-0.1, -0.05) is 29.7 Å². The summed E-state index contributed by atoms with van der Waals surface area (Å²) in [6.07, 6.45) is -0.756. The Hall–Kier alpha value is -1.94. The summed E-state index contributed by atoms with van der Waals surface area (Å²) >= 11 is 0. The van der Waals surface area contributed by atoms with Crippen molar-refractivity contribution in [3.8, 4) is 11.5 Å². The highest BCUT2D eigenvalue weighted by Crippen LogP contribution is 2.48. The molecule has 0 amide bonds. The second-order valence-corrected chi connectivity index (χ2v) is 5.53. The van der Waals surface area contributed by atoms with Gasteiger partial charge in [-0.2, -0.15) is 0 Å². The first-order valence-electron chi connectivity index (χ1n) is 6.83. The molecule has 0 aromatic heterocycles. The van der Waals surface area contributed by atoms with Crippen LogP contribution in [0.4, 0.5) is 0 Å². The molecule has 0 aliphatic carbocycles. The number of ether oxygens (including phenoxy) is 3. The lowest BCUT2D eigenvalue weighted by molar-refractivity contribution is -0.227. The van der Waals surface area contributed by atoms with Gasteiger partial charge in [0.05, 0.1) is 11.1 Å². The zero-order valence-corrected chi connectivity index (χ0v) is 11.8. The van der Waals surface area contributed by atoms with E-state index in [2.05, 4.69) is 26.9 Å². The molecule has 2 atom stereocenters. The molecule has 0 saturated carbocycles. The lowest BCUT2D eigenvalue weighted by Crippen LogP contribution is -2.31. The zero-order valence-electron chi connectivity index (χ0n) is 11.8. The van der Waals surface area contributed by atoms with Gasteiger partial charge >= 0.3 is 0 Å². The Morgan fingerprint density at radius 2 is 1.60 bits per heavy atom. The predicted octanol–water partition coefficient (Wildman–Crippen LogP) is 2.06. The molecular weight excluding hydrogens is 251 g/mol. The molecular formula is C16H15BO3. The highest BCUT2D eigenvalue weighted by atomic mass is 16.8. The van der Waals surface area contributed by atoms with Crippen molar-refractivity contribution < 1.29 is 14.2 Å². The van der Waals surface area contributed by atoms with E-state index < -0.39 is 0 Å². The van der Waals surface area contributed by atoms with Gasteiger partial charge < -0.3 is 9.47 Å². The van der Waals surface area contributed by atoms with Crippen LogP contribution < -0.4 is 14.9 Å². The second kappa shape index (κ2) is 4.03. The number of benzene rings is 2. The standard InChI is InChI=1S/C16H15BO3/c1-8-4-3-5-11-13(8)18-16-12-7-10(17)6-9(2)14(12)19-15(11)20-16/h3-7,15-16H,17H2,1-2H3. The number of fused-ring (bicyclic) bond motifs is 6. The maximum Gasteiger partial charge on any atom is 0.233 e. The average Bonchev–Trinajstić information content (AvgIpc) is 2.42. The minimum atomic E-state index is -0.379. The first-order valence-corrected chi connectivity index (χ1v) is 6.83. The molecule has 0 saturated heterocycles. The quantitative estimate of drug-likeness (QED) is 0.683. The maximum absolute atomic E-state index is 6.07. The minimum absolute atomic E-state index is 0.377. The van der Waals surface area contributed by atoms with Crippen LogP contribution in [-0.4, -0.2) is 7.85 Å². The Morgan fingerprint density at radius 1 is 0.900 bits per heavy atom. The summed E-state index contributed by atoms with van der Waals surface area (Å²) in [5, 5.41) is 0. The summed E-state index contributed by atoms with van der Waals surface area (Å²) < 4.78 is 18.0. The number of rotatable bonds is 0. The van der Waals surface area contributed by atoms with Crippen molar-refractivity contribution >= 4 is 13.3 Å². The van der Waals surface area contributed by atoms with Crippen LogP contribution in [0, 0.1) is 13.8 Å². The number of para-hydroxylation sites is 1. The van der Waals surface area contributed by atoms with Gasteiger partial charge in [-0.25, -0.2) is 0 Å². The van der Waals surface area contributed by atoms with Crippen molar-refractivity contribution in [1.29, 1.82) is 0 Å². The summed E-state index contributed by atoms with van der Waals surface area (Å²) in [4.78, 5) is 0. The van der Waals surface area contributed by atoms with Crippen molar-refractivity contribution in [2.45, 2.75) is 26.4 Å². The SMILES string of the molecule is Bc1cc(C)c2c(c1)C1Oc3c(C)cccc3C(O2)O1. The van der Waals surface area contributed by atoms with Gasteiger partial charge in [-0.05, 0) is 31.0 Å². The van der Waals surface area contributed by atoms with Gasteiger partial charge in [-0.15, -0.1) is 0 Å². The van der Waals surface area contributed by atoms with Crippen molar-refractivity contribution in [3.05, 3.63) is 52.6 Å². The third-order valence-corrected chi connectivity index (χ3v) is 3.89. The molecule has 2 heterocycles. The van der Waals surface area contributed by atoms with E-state index in [9.17, 15) is 0 Å². The van der Waals surface area contributed by atoms with Crippen molar-refractivity contribution in [1.82, 2.24) is 0 Å². The second-order valence-electron chi connectivity index (χ2n) is 5.53. The summed E-state index contributed by atoms with van der Waals surface area (Å²) in [5.41, 5.74) is 5.36. The van der Waals surface area contributed by atoms with E-state index in [0.717, 1.165) is 33.8 Å². The topological polar surface area (TPSA) is 27.7 Å². The fraction of sp³-hybridized carbons (Fsp3) is 0.250. The van der Waals surface area contributed by atoms with E-state index in [0.29, 0.717) is 0 Å². The molecule has 2 aliphatic rings. The molecule has 20 heavy (non-hydrogen) atoms. The van der Waals surface area contributed by atoms with E-state index in [-0.39, 0.29) is 12.6 Å². The van der Waals surface area contributed by atoms with Crippen LogP contribution in [-0.2, 0) is 4.74 Å². The third kappa shape index (κ3) is 1.58. The van der Waals surface area contributed by atoms with Crippen molar-refractivity contribution in [2.75, 3.05) is 0 Å². The Labute approximate surface area is 118 Å². The normalized spacial score (nSPS) is 22.3. The molecule has 3 nitrogen and oxygen atoms in total. The fourth-order valence-electron chi connectivity index (χ4n) is 3.00. The van der Waals surface area contributed by atoms with Crippen LogP contribution in [0.15, 0.2) is 30.3 Å². The van der Waals surface area contributed by atoms with E-state index in [1.54, 1.807) is 0 Å². The van der Waals surface area contributed by atoms with Gasteiger partial charge in [0.25, 0.3) is 0 Å². The Balaban J connectivity index is 1.89. The van der Waals surface area contributed by atoms with Gasteiger partial charge in [-0.3, -0.25) is 4.74 Å². The smallest absolute Gasteiger partial charge is 0.233 e. The predicted molar refractivity (Wildman–Crippen MR) is 78.4 cm³/mol. The van der Waals surface area contributed by atoms with Gasteiger partial charge in [0.15, 0.2) is 0 Å². The molecule has 2 bridgehead atoms. The van der Waals surface area contributed by atoms with Crippen LogP contribution in [0.25, 0.3) is 0 Å². The zero-order chi connectivity index (χ0) is 13.9. The summed E-state index contributed by atoms with van der Waals surface area (Å²) in [5.74, 6) is 1.78. The monoisotopic (exact) mass is 266 g/mol. The molecule has 4 rings (SSSR count). The number of hydrogen-bond donors (Lipinski definition) is 0. The Bertz CT molecular complexity index is 711. The van der Waals surface area contributed by atoms with Crippen LogP contribution in [0.2, 0.25) is 0 Å². The average molecular weight is 266 g/mol. The van der Waals surface area contributed by atoms with Gasteiger partial charge in [0.2, 0.25) is 12.6 Å². The summed E-state index contributed by atoms with van der Waals surface area (Å²) in [7, 11) is 2.07. The van der Waals surface area contributed by atoms with E-state index in [1.165, 1.54) is 5.46 Å². The van der Waals surface area contributed by atoms with E-state index in [4.69, 9.17) is 14.2 Å². The Morgan fingerprint density at radius 3 is 2.40 bits per heavy atom. The molecule has 2 aromatic carbocycles. The third-order valence-electron chi connectivity index (χ3n) is 3.89. The lowest BCUT2D eigenvalue weighted by Gasteiger charge is -2.39. The molecule has 0 spiro atoms. The molecule has 2 aromatic rings. The minimum Gasteiger partial charge on any atom is -0.459 e. The van der Waals surface area contributed by atoms with Gasteiger partial charge in [0.1, 0.15) is 19.3 Å². The molecule has 0 radical (unpaired) electrons. The van der Waals surface area contributed by atoms with Crippen molar-refractivity contribution in [2.24, 2.45) is 0 Å². The maximum atomic E-state index is 6.07. The molecule has 2 aliphatic heterocycles. The highest BCUT2D eigenvalue weighted by molar-refractivity contribution is 6.32. The van der Waals surface area contributed by atoms with Crippen LogP contribution >= 0.6 is 0 Å². The first kappa shape index (κ1) is 11.9. The molecule has 4 heteroatoms. The molecule has 2 unspecified atom stereocenters. The summed E-state index contributed by atoms with van der Waals surface area (Å²) in [6.45, 7) is 4.10. The lowest BCUT2D eigenvalue weighted by atomic mass is 9.90. The van der Waals surface area contributed by atoms with Crippen LogP contribution in [0.3, 0.4) is 0 Å². The molecule has 100 valence electrons. The van der Waals surface area contributed by atoms with E-state index in [1.807, 2.05) is 25.1 Å². The molecule has 0 N–H and O–H groups in total. The largest absolute Gasteiger partial charge is 0.459 e. The number of aryl methyl sites for hydroxylation is 2. The number of hydrogen-bond acceptors (Lipinski definition) is 3. The van der Waals surface area contributed by atoms with Crippen molar-refractivity contribution in [3.63, 3.8) is 0 Å². The summed E-state index contributed by atoms with van der Waals surface area (Å²) in [6, 6.07) is 10.2. The van der Waals surface area contributed by atoms with Crippen LogP contribution in [0.5, 0.6) is 11.5 Å². The van der Waals surface area contributed by atoms with E-state index >= 15 is 0 Å². The molecule has 0 fully saturated rings. The van der Waals surface area contributed by atoms with Gasteiger partial charge in [0, 0.05) is 0 Å².